The summed E-state index contributed by atoms with van der Waals surface area (Å²) in [4.78, 5) is 23.5. The Kier molecular flexibility index (Phi) is 4.30. The SMILES string of the molecule is C#CCNC(=O)c1ccc(=O)n(Cc2ccccc2)n1. The fraction of sp³-hybridized carbons (Fsp3) is 0.133. The van der Waals surface area contributed by atoms with Gasteiger partial charge < -0.3 is 5.32 Å². The molecule has 100 valence electrons. The minimum absolute atomic E-state index is 0.123. The van der Waals surface area contributed by atoms with Crippen LogP contribution in [0.2, 0.25) is 0 Å². The summed E-state index contributed by atoms with van der Waals surface area (Å²) in [5, 5.41) is 6.55. The van der Waals surface area contributed by atoms with Crippen molar-refractivity contribution in [2.75, 3.05) is 6.54 Å². The Bertz CT molecular complexity index is 699. The van der Waals surface area contributed by atoms with Crippen molar-refractivity contribution in [1.82, 2.24) is 15.1 Å². The lowest BCUT2D eigenvalue weighted by Gasteiger charge is -2.06. The van der Waals surface area contributed by atoms with Crippen LogP contribution < -0.4 is 10.9 Å². The van der Waals surface area contributed by atoms with Crippen molar-refractivity contribution < 1.29 is 4.79 Å². The third kappa shape index (κ3) is 3.33. The number of nitrogens with zero attached hydrogens (tertiary/aromatic N) is 2. The summed E-state index contributed by atoms with van der Waals surface area (Å²) in [5.41, 5.74) is 0.835. The summed E-state index contributed by atoms with van der Waals surface area (Å²) in [6.45, 7) is 0.439. The van der Waals surface area contributed by atoms with Crippen LogP contribution in [0.5, 0.6) is 0 Å². The van der Waals surface area contributed by atoms with Crippen molar-refractivity contribution in [1.29, 1.82) is 0 Å². The number of rotatable bonds is 4. The van der Waals surface area contributed by atoms with E-state index in [1.807, 2.05) is 30.3 Å². The average molecular weight is 267 g/mol. The predicted octanol–water partition coefficient (Wildman–Crippen LogP) is 0.655. The number of benzene rings is 1. The minimum Gasteiger partial charge on any atom is -0.340 e. The van der Waals surface area contributed by atoms with Gasteiger partial charge in [-0.2, -0.15) is 5.10 Å². The third-order valence-corrected chi connectivity index (χ3v) is 2.63. The number of aromatic nitrogens is 2. The average Bonchev–Trinajstić information content (AvgIpc) is 2.48. The summed E-state index contributed by atoms with van der Waals surface area (Å²) < 4.78 is 1.25. The zero-order valence-corrected chi connectivity index (χ0v) is 10.7. The van der Waals surface area contributed by atoms with Crippen molar-refractivity contribution in [2.24, 2.45) is 0 Å². The number of hydrogen-bond donors (Lipinski definition) is 1. The summed E-state index contributed by atoms with van der Waals surface area (Å²) in [6.07, 6.45) is 5.07. The largest absolute Gasteiger partial charge is 0.340 e. The van der Waals surface area contributed by atoms with Gasteiger partial charge in [-0.25, -0.2) is 4.68 Å². The molecule has 1 aromatic heterocycles. The van der Waals surface area contributed by atoms with Crippen molar-refractivity contribution in [3.63, 3.8) is 0 Å². The van der Waals surface area contributed by atoms with Crippen LogP contribution in [0.4, 0.5) is 0 Å². The number of nitrogens with one attached hydrogen (secondary N) is 1. The Morgan fingerprint density at radius 2 is 2.00 bits per heavy atom. The Balaban J connectivity index is 2.23. The fourth-order valence-corrected chi connectivity index (χ4v) is 1.66. The first-order valence-electron chi connectivity index (χ1n) is 6.04. The Hall–Kier alpha value is -2.87. The second kappa shape index (κ2) is 6.34. The first-order chi connectivity index (χ1) is 9.70. The zero-order valence-electron chi connectivity index (χ0n) is 10.7. The van der Waals surface area contributed by atoms with Gasteiger partial charge in [-0.05, 0) is 11.6 Å². The molecule has 1 heterocycles. The Morgan fingerprint density at radius 1 is 1.25 bits per heavy atom. The van der Waals surface area contributed by atoms with E-state index >= 15 is 0 Å². The highest BCUT2D eigenvalue weighted by Gasteiger charge is 2.08. The molecule has 2 aromatic rings. The lowest BCUT2D eigenvalue weighted by Crippen LogP contribution is -2.30. The van der Waals surface area contributed by atoms with E-state index in [1.54, 1.807) is 0 Å². The van der Waals surface area contributed by atoms with Crippen LogP contribution in [-0.2, 0) is 6.54 Å². The van der Waals surface area contributed by atoms with E-state index in [0.717, 1.165) is 5.56 Å². The molecule has 0 aliphatic carbocycles. The lowest BCUT2D eigenvalue weighted by molar-refractivity contribution is 0.0951. The molecule has 0 radical (unpaired) electrons. The maximum atomic E-state index is 11.7. The highest BCUT2D eigenvalue weighted by atomic mass is 16.2. The van der Waals surface area contributed by atoms with E-state index in [2.05, 4.69) is 16.3 Å². The molecule has 1 aromatic carbocycles. The van der Waals surface area contributed by atoms with Gasteiger partial charge in [0.05, 0.1) is 13.1 Å². The van der Waals surface area contributed by atoms with Gasteiger partial charge in [0.25, 0.3) is 11.5 Å². The highest BCUT2D eigenvalue weighted by Crippen LogP contribution is 2.00. The number of terminal acetylenes is 1. The number of amides is 1. The topological polar surface area (TPSA) is 64.0 Å². The summed E-state index contributed by atoms with van der Waals surface area (Å²) >= 11 is 0. The highest BCUT2D eigenvalue weighted by molar-refractivity contribution is 5.92. The van der Waals surface area contributed by atoms with Crippen LogP contribution in [0.3, 0.4) is 0 Å². The smallest absolute Gasteiger partial charge is 0.272 e. The second-order valence-corrected chi connectivity index (χ2v) is 4.09. The Labute approximate surface area is 116 Å². The number of carbonyl (C=O) groups excluding carboxylic acids is 1. The molecule has 1 N–H and O–H groups in total. The van der Waals surface area contributed by atoms with Gasteiger partial charge in [-0.1, -0.05) is 36.3 Å². The molecule has 2 rings (SSSR count). The monoisotopic (exact) mass is 267 g/mol. The van der Waals surface area contributed by atoms with Gasteiger partial charge >= 0.3 is 0 Å². The van der Waals surface area contributed by atoms with Gasteiger partial charge in [0.2, 0.25) is 0 Å². The summed E-state index contributed by atoms with van der Waals surface area (Å²) in [7, 11) is 0. The molecule has 1 amide bonds. The molecule has 5 nitrogen and oxygen atoms in total. The first-order valence-corrected chi connectivity index (χ1v) is 6.04. The fourth-order valence-electron chi connectivity index (χ4n) is 1.66. The van der Waals surface area contributed by atoms with Gasteiger partial charge in [0.15, 0.2) is 0 Å². The molecule has 0 aliphatic rings. The van der Waals surface area contributed by atoms with Gasteiger partial charge in [-0.15, -0.1) is 6.42 Å². The zero-order chi connectivity index (χ0) is 14.4. The van der Waals surface area contributed by atoms with Crippen molar-refractivity contribution >= 4 is 5.91 Å². The van der Waals surface area contributed by atoms with Gasteiger partial charge in [0, 0.05) is 6.07 Å². The second-order valence-electron chi connectivity index (χ2n) is 4.09. The van der Waals surface area contributed by atoms with Crippen LogP contribution >= 0.6 is 0 Å². The van der Waals surface area contributed by atoms with Gasteiger partial charge in [-0.3, -0.25) is 9.59 Å². The van der Waals surface area contributed by atoms with Crippen LogP contribution in [-0.4, -0.2) is 22.2 Å². The van der Waals surface area contributed by atoms with Crippen molar-refractivity contribution in [2.45, 2.75) is 6.54 Å². The molecule has 0 unspecified atom stereocenters. The first kappa shape index (κ1) is 13.6. The van der Waals surface area contributed by atoms with E-state index in [-0.39, 0.29) is 17.8 Å². The van der Waals surface area contributed by atoms with Gasteiger partial charge in [0.1, 0.15) is 5.69 Å². The van der Waals surface area contributed by atoms with E-state index < -0.39 is 5.91 Å². The molecule has 0 aliphatic heterocycles. The third-order valence-electron chi connectivity index (χ3n) is 2.63. The molecule has 5 heteroatoms. The van der Waals surface area contributed by atoms with E-state index in [9.17, 15) is 9.59 Å². The summed E-state index contributed by atoms with van der Waals surface area (Å²) in [6, 6.07) is 12.1. The normalized spacial score (nSPS) is 9.75. The molecular formula is C15H13N3O2. The van der Waals surface area contributed by atoms with E-state index in [1.165, 1.54) is 16.8 Å². The predicted molar refractivity (Wildman–Crippen MR) is 75.2 cm³/mol. The number of carbonyl (C=O) groups is 1. The molecule has 0 spiro atoms. The van der Waals surface area contributed by atoms with Crippen LogP contribution in [0.25, 0.3) is 0 Å². The molecule has 0 fully saturated rings. The standard InChI is InChI=1S/C15H13N3O2/c1-2-10-16-15(20)13-8-9-14(19)18(17-13)11-12-6-4-3-5-7-12/h1,3-9H,10-11H2,(H,16,20). The minimum atomic E-state index is -0.398. The molecule has 0 bridgehead atoms. The van der Waals surface area contributed by atoms with Crippen LogP contribution in [0.1, 0.15) is 16.1 Å². The quantitative estimate of drug-likeness (QED) is 0.827. The van der Waals surface area contributed by atoms with Crippen molar-refractivity contribution in [3.05, 3.63) is 64.1 Å². The van der Waals surface area contributed by atoms with Crippen LogP contribution in [0, 0.1) is 12.3 Å². The molecule has 0 saturated carbocycles. The summed E-state index contributed by atoms with van der Waals surface area (Å²) in [5.74, 6) is 1.91. The van der Waals surface area contributed by atoms with Crippen LogP contribution in [0.15, 0.2) is 47.3 Å². The lowest BCUT2D eigenvalue weighted by atomic mass is 10.2. The molecular weight excluding hydrogens is 254 g/mol. The molecule has 20 heavy (non-hydrogen) atoms. The van der Waals surface area contributed by atoms with Crippen molar-refractivity contribution in [3.8, 4) is 12.3 Å². The Morgan fingerprint density at radius 3 is 2.70 bits per heavy atom. The number of hydrogen-bond acceptors (Lipinski definition) is 3. The van der Waals surface area contributed by atoms with E-state index in [4.69, 9.17) is 6.42 Å². The molecule has 0 atom stereocenters. The molecule has 0 saturated heterocycles. The maximum Gasteiger partial charge on any atom is 0.272 e. The maximum absolute atomic E-state index is 11.7. The van der Waals surface area contributed by atoms with E-state index in [0.29, 0.717) is 6.54 Å².